The summed E-state index contributed by atoms with van der Waals surface area (Å²) >= 11 is 1.83. The smallest absolute Gasteiger partial charge is 0.225 e. The summed E-state index contributed by atoms with van der Waals surface area (Å²) < 4.78 is 11.9. The normalized spacial score (nSPS) is 24.2. The summed E-state index contributed by atoms with van der Waals surface area (Å²) in [6.45, 7) is 5.67. The minimum atomic E-state index is -0.245. The second-order valence-corrected chi connectivity index (χ2v) is 9.32. The van der Waals surface area contributed by atoms with Gasteiger partial charge in [-0.1, -0.05) is 6.92 Å². The first-order valence-corrected chi connectivity index (χ1v) is 12.0. The van der Waals surface area contributed by atoms with Crippen molar-refractivity contribution in [1.29, 1.82) is 0 Å². The highest BCUT2D eigenvalue weighted by Crippen LogP contribution is 2.40. The summed E-state index contributed by atoms with van der Waals surface area (Å²) in [6, 6.07) is 0.708. The van der Waals surface area contributed by atoms with Gasteiger partial charge in [0.15, 0.2) is 0 Å². The number of carbonyl (C=O) groups excluding carboxylic acids is 1. The van der Waals surface area contributed by atoms with Crippen LogP contribution < -0.4 is 10.5 Å². The Balaban J connectivity index is 0.000000393. The summed E-state index contributed by atoms with van der Waals surface area (Å²) in [4.78, 5) is 23.8. The van der Waals surface area contributed by atoms with Crippen molar-refractivity contribution >= 4 is 27.5 Å². The molecule has 1 saturated carbocycles. The second kappa shape index (κ2) is 10.0. The van der Waals surface area contributed by atoms with E-state index in [0.717, 1.165) is 56.3 Å². The summed E-state index contributed by atoms with van der Waals surface area (Å²) in [7, 11) is 0. The Kier molecular flexibility index (Phi) is 7.17. The van der Waals surface area contributed by atoms with Crippen LogP contribution in [0, 0.1) is 0 Å². The lowest BCUT2D eigenvalue weighted by Gasteiger charge is -2.38. The molecule has 2 aromatic heterocycles. The van der Waals surface area contributed by atoms with Crippen molar-refractivity contribution in [2.24, 2.45) is 5.73 Å². The van der Waals surface area contributed by atoms with Crippen molar-refractivity contribution in [2.75, 3.05) is 26.3 Å². The fourth-order valence-electron chi connectivity index (χ4n) is 4.62. The Morgan fingerprint density at radius 1 is 1.23 bits per heavy atom. The van der Waals surface area contributed by atoms with E-state index in [1.54, 1.807) is 13.3 Å². The molecule has 0 unspecified atom stereocenters. The van der Waals surface area contributed by atoms with Crippen molar-refractivity contribution < 1.29 is 14.3 Å². The molecule has 0 bridgehead atoms. The van der Waals surface area contributed by atoms with Crippen molar-refractivity contribution in [3.05, 3.63) is 16.8 Å². The molecule has 2 fully saturated rings. The van der Waals surface area contributed by atoms with E-state index >= 15 is 0 Å². The maximum Gasteiger partial charge on any atom is 0.225 e. The fourth-order valence-corrected chi connectivity index (χ4v) is 5.84. The van der Waals surface area contributed by atoms with Crippen LogP contribution in [0.15, 0.2) is 6.33 Å². The van der Waals surface area contributed by atoms with E-state index in [9.17, 15) is 4.79 Å². The maximum atomic E-state index is 9.59. The summed E-state index contributed by atoms with van der Waals surface area (Å²) in [5.74, 6) is 0.587. The molecular formula is C22H32N4O3S. The van der Waals surface area contributed by atoms with Crippen molar-refractivity contribution in [1.82, 2.24) is 14.9 Å². The van der Waals surface area contributed by atoms with Crippen LogP contribution in [0.25, 0.3) is 10.2 Å². The lowest BCUT2D eigenvalue weighted by Crippen LogP contribution is -2.46. The van der Waals surface area contributed by atoms with Crippen LogP contribution in [-0.2, 0) is 22.4 Å². The fraction of sp³-hybridized carbons (Fsp3) is 0.682. The standard InChI is InChI=1S/C19H25N3O2S.C3H7NO/c1-2-15-16(3-1)25-19-17(15)18(20-12-21-19)24-14-6-4-13(5-7-14)22-8-10-23-11-9-22;1-2-3(4)5/h12-14H,1-11H2;2H2,1H3,(H2,4,5). The number of aryl methyl sites for hydroxylation is 2. The number of aromatic nitrogens is 2. The van der Waals surface area contributed by atoms with Crippen LogP contribution in [0.3, 0.4) is 0 Å². The quantitative estimate of drug-likeness (QED) is 0.798. The van der Waals surface area contributed by atoms with Gasteiger partial charge in [-0.3, -0.25) is 9.69 Å². The summed E-state index contributed by atoms with van der Waals surface area (Å²) in [5, 5.41) is 1.20. The Morgan fingerprint density at radius 3 is 2.67 bits per heavy atom. The van der Waals surface area contributed by atoms with Gasteiger partial charge in [0.05, 0.1) is 18.6 Å². The van der Waals surface area contributed by atoms with Crippen molar-refractivity contribution in [3.63, 3.8) is 0 Å². The van der Waals surface area contributed by atoms with Crippen molar-refractivity contribution in [3.8, 4) is 5.88 Å². The minimum Gasteiger partial charge on any atom is -0.474 e. The first-order chi connectivity index (χ1) is 14.7. The first-order valence-electron chi connectivity index (χ1n) is 11.2. The predicted octanol–water partition coefficient (Wildman–Crippen LogP) is 3.08. The highest BCUT2D eigenvalue weighted by atomic mass is 32.1. The van der Waals surface area contributed by atoms with Crippen LogP contribution in [0.2, 0.25) is 0 Å². The van der Waals surface area contributed by atoms with Gasteiger partial charge in [-0.2, -0.15) is 0 Å². The topological polar surface area (TPSA) is 90.6 Å². The maximum absolute atomic E-state index is 9.59. The second-order valence-electron chi connectivity index (χ2n) is 8.23. The molecule has 1 saturated heterocycles. The van der Waals surface area contributed by atoms with Crippen LogP contribution >= 0.6 is 11.3 Å². The highest BCUT2D eigenvalue weighted by molar-refractivity contribution is 7.18. The molecule has 7 nitrogen and oxygen atoms in total. The Bertz CT molecular complexity index is 857. The number of carbonyl (C=O) groups is 1. The number of nitrogens with zero attached hydrogens (tertiary/aromatic N) is 3. The molecule has 2 aromatic rings. The number of rotatable bonds is 4. The number of nitrogens with two attached hydrogens (primary N) is 1. The van der Waals surface area contributed by atoms with Gasteiger partial charge in [-0.25, -0.2) is 9.97 Å². The van der Waals surface area contributed by atoms with Gasteiger partial charge in [-0.15, -0.1) is 11.3 Å². The van der Waals surface area contributed by atoms with E-state index < -0.39 is 0 Å². The predicted molar refractivity (Wildman–Crippen MR) is 118 cm³/mol. The lowest BCUT2D eigenvalue weighted by molar-refractivity contribution is -0.117. The molecule has 1 aliphatic heterocycles. The van der Waals surface area contributed by atoms with Gasteiger partial charge in [0.25, 0.3) is 0 Å². The zero-order chi connectivity index (χ0) is 20.9. The largest absolute Gasteiger partial charge is 0.474 e. The van der Waals surface area contributed by atoms with E-state index in [4.69, 9.17) is 9.47 Å². The molecule has 2 aliphatic carbocycles. The third kappa shape index (κ3) is 4.92. The number of thiophene rings is 1. The van der Waals surface area contributed by atoms with Gasteiger partial charge in [-0.05, 0) is 50.5 Å². The molecule has 30 heavy (non-hydrogen) atoms. The molecule has 0 spiro atoms. The van der Waals surface area contributed by atoms with E-state index in [-0.39, 0.29) is 5.91 Å². The molecule has 164 valence electrons. The van der Waals surface area contributed by atoms with E-state index in [1.165, 1.54) is 41.5 Å². The van der Waals surface area contributed by atoms with Crippen LogP contribution in [0.1, 0.15) is 55.9 Å². The number of fused-ring (bicyclic) bond motifs is 3. The van der Waals surface area contributed by atoms with Crippen LogP contribution in [0.5, 0.6) is 5.88 Å². The molecular weight excluding hydrogens is 400 g/mol. The Labute approximate surface area is 182 Å². The van der Waals surface area contributed by atoms with Crippen molar-refractivity contribution in [2.45, 2.75) is 70.4 Å². The molecule has 3 heterocycles. The molecule has 8 heteroatoms. The molecule has 3 aliphatic rings. The van der Waals surface area contributed by atoms with E-state index in [1.807, 2.05) is 11.3 Å². The minimum absolute atomic E-state index is 0.245. The van der Waals surface area contributed by atoms with Crippen LogP contribution in [0.4, 0.5) is 0 Å². The number of hydrogen-bond donors (Lipinski definition) is 1. The third-order valence-electron chi connectivity index (χ3n) is 6.30. The zero-order valence-corrected chi connectivity index (χ0v) is 18.6. The number of ether oxygens (including phenoxy) is 2. The SMILES string of the molecule is CCC(N)=O.c1nc(OC2CCC(N3CCOCC3)CC2)c2c3c(sc2n1)CCC3. The third-order valence-corrected chi connectivity index (χ3v) is 7.50. The first kappa shape index (κ1) is 21.5. The number of amides is 1. The number of morpholine rings is 1. The molecule has 5 rings (SSSR count). The zero-order valence-electron chi connectivity index (χ0n) is 17.8. The Hall–Kier alpha value is -1.77. The van der Waals surface area contributed by atoms with Gasteiger partial charge in [0.1, 0.15) is 17.3 Å². The van der Waals surface area contributed by atoms with Gasteiger partial charge >= 0.3 is 0 Å². The summed E-state index contributed by atoms with van der Waals surface area (Å²) in [6.07, 6.45) is 10.7. The molecule has 0 aromatic carbocycles. The number of hydrogen-bond acceptors (Lipinski definition) is 7. The molecule has 0 radical (unpaired) electrons. The monoisotopic (exact) mass is 432 g/mol. The van der Waals surface area contributed by atoms with E-state index in [0.29, 0.717) is 18.6 Å². The van der Waals surface area contributed by atoms with Gasteiger partial charge in [0.2, 0.25) is 11.8 Å². The highest BCUT2D eigenvalue weighted by Gasteiger charge is 2.29. The number of primary amides is 1. The molecule has 2 N–H and O–H groups in total. The van der Waals surface area contributed by atoms with Gasteiger partial charge in [0, 0.05) is 30.4 Å². The Morgan fingerprint density at radius 2 is 1.97 bits per heavy atom. The average Bonchev–Trinajstić information content (AvgIpc) is 3.37. The van der Waals surface area contributed by atoms with Crippen LogP contribution in [-0.4, -0.2) is 59.2 Å². The lowest BCUT2D eigenvalue weighted by atomic mass is 9.91. The molecule has 0 atom stereocenters. The van der Waals surface area contributed by atoms with Gasteiger partial charge < -0.3 is 15.2 Å². The molecule has 1 amide bonds. The average molecular weight is 433 g/mol. The van der Waals surface area contributed by atoms with E-state index in [2.05, 4.69) is 20.6 Å². The summed E-state index contributed by atoms with van der Waals surface area (Å²) in [5.41, 5.74) is 6.11.